The Morgan fingerprint density at radius 1 is 1.64 bits per heavy atom. The Hall–Kier alpha value is -0.590. The number of carbonyl (C=O) groups excluding carboxylic acids is 1. The van der Waals surface area contributed by atoms with E-state index in [1.165, 1.54) is 5.57 Å². The first-order chi connectivity index (χ1) is 5.52. The summed E-state index contributed by atoms with van der Waals surface area (Å²) in [5.41, 5.74) is 1.32. The molecule has 0 aliphatic heterocycles. The fourth-order valence-electron chi connectivity index (χ4n) is 0.901. The van der Waals surface area contributed by atoms with E-state index in [2.05, 4.69) is 19.9 Å². The molecule has 1 heteroatoms. The van der Waals surface area contributed by atoms with Gasteiger partial charge < -0.3 is 4.79 Å². The lowest BCUT2D eigenvalue weighted by molar-refractivity contribution is -0.108. The lowest BCUT2D eigenvalue weighted by Crippen LogP contribution is -1.93. The van der Waals surface area contributed by atoms with Crippen LogP contribution in [-0.4, -0.2) is 6.26 Å². The van der Waals surface area contributed by atoms with Crippen molar-refractivity contribution in [2.45, 2.75) is 40.0 Å². The van der Waals surface area contributed by atoms with Crippen LogP contribution in [0.4, 0.5) is 0 Å². The molecule has 0 rings (SSSR count). The second kappa shape index (κ2) is 6.14. The summed E-state index contributed by atoms with van der Waals surface area (Å²) >= 11 is 0. The van der Waals surface area contributed by atoms with Crippen molar-refractivity contribution in [1.29, 1.82) is 0 Å². The van der Waals surface area contributed by atoms with Gasteiger partial charge in [0.05, 0.1) is 0 Å². The average Bonchev–Trinajstić information content (AvgIpc) is 1.84. The topological polar surface area (TPSA) is 17.1 Å². The minimum atomic E-state index is -0.445. The first-order valence-corrected chi connectivity index (χ1v) is 4.15. The maximum Gasteiger partial charge on any atom is 0.120 e. The van der Waals surface area contributed by atoms with E-state index in [4.69, 9.17) is 1.37 Å². The highest BCUT2D eigenvalue weighted by Gasteiger charge is 1.98. The van der Waals surface area contributed by atoms with Crippen LogP contribution in [0.2, 0.25) is 0 Å². The van der Waals surface area contributed by atoms with E-state index in [0.717, 1.165) is 12.8 Å². The van der Waals surface area contributed by atoms with Gasteiger partial charge >= 0.3 is 0 Å². The number of carbonyl (C=O) groups is 1. The van der Waals surface area contributed by atoms with Crippen molar-refractivity contribution in [2.75, 3.05) is 0 Å². The van der Waals surface area contributed by atoms with E-state index in [-0.39, 0.29) is 0 Å². The molecule has 0 aromatic rings. The highest BCUT2D eigenvalue weighted by Crippen LogP contribution is 2.09. The predicted molar refractivity (Wildman–Crippen MR) is 48.5 cm³/mol. The van der Waals surface area contributed by atoms with Crippen LogP contribution < -0.4 is 0 Å². The number of hydrogen-bond acceptors (Lipinski definition) is 1. The number of rotatable bonds is 5. The third-order valence-corrected chi connectivity index (χ3v) is 1.64. The molecule has 0 amide bonds. The molecule has 0 bridgehead atoms. The second-order valence-corrected chi connectivity index (χ2v) is 3.31. The van der Waals surface area contributed by atoms with Crippen molar-refractivity contribution >= 4 is 6.26 Å². The molecule has 0 saturated heterocycles. The van der Waals surface area contributed by atoms with Crippen LogP contribution in [0, 0.1) is 5.92 Å². The summed E-state index contributed by atoms with van der Waals surface area (Å²) in [5.74, 6) is 0.352. The predicted octanol–water partition coefficient (Wildman–Crippen LogP) is 2.96. The lowest BCUT2D eigenvalue weighted by Gasteiger charge is -2.03. The van der Waals surface area contributed by atoms with Gasteiger partial charge in [0.2, 0.25) is 0 Å². The van der Waals surface area contributed by atoms with Crippen molar-refractivity contribution in [2.24, 2.45) is 5.92 Å². The molecule has 1 atom stereocenters. The standard InChI is InChI=1S/C10H18O/c1-9(2)5-4-6-10(3)7-8-11/h5,8,10H,4,6-7H2,1-3H3/i8D. The molecule has 0 aromatic heterocycles. The van der Waals surface area contributed by atoms with Gasteiger partial charge in [0.1, 0.15) is 7.63 Å². The van der Waals surface area contributed by atoms with Crippen molar-refractivity contribution in [1.82, 2.24) is 0 Å². The average molecular weight is 155 g/mol. The van der Waals surface area contributed by atoms with Crippen LogP contribution in [-0.2, 0) is 4.79 Å². The molecule has 1 nitrogen and oxygen atoms in total. The van der Waals surface area contributed by atoms with E-state index < -0.39 is 6.26 Å². The smallest absolute Gasteiger partial charge is 0.120 e. The first kappa shape index (κ1) is 8.51. The highest BCUT2D eigenvalue weighted by molar-refractivity contribution is 5.49. The van der Waals surface area contributed by atoms with Gasteiger partial charge in [-0.1, -0.05) is 18.6 Å². The van der Waals surface area contributed by atoms with Crippen molar-refractivity contribution in [3.8, 4) is 0 Å². The summed E-state index contributed by atoms with van der Waals surface area (Å²) < 4.78 is 6.77. The van der Waals surface area contributed by atoms with Gasteiger partial charge in [-0.3, -0.25) is 0 Å². The molecule has 0 spiro atoms. The van der Waals surface area contributed by atoms with E-state index >= 15 is 0 Å². The highest BCUT2D eigenvalue weighted by atomic mass is 16.1. The molecule has 0 fully saturated rings. The SMILES string of the molecule is [2H]C(=O)CC(C)CCC=C(C)C. The van der Waals surface area contributed by atoms with Crippen LogP contribution >= 0.6 is 0 Å². The Morgan fingerprint density at radius 2 is 2.27 bits per heavy atom. The summed E-state index contributed by atoms with van der Waals surface area (Å²) in [6.07, 6.45) is 4.16. The maximum absolute atomic E-state index is 10.4. The van der Waals surface area contributed by atoms with Gasteiger partial charge in [0.15, 0.2) is 0 Å². The molecular weight excluding hydrogens is 136 g/mol. The summed E-state index contributed by atoms with van der Waals surface area (Å²) in [7, 11) is 0. The second-order valence-electron chi connectivity index (χ2n) is 3.31. The third-order valence-electron chi connectivity index (χ3n) is 1.64. The normalized spacial score (nSPS) is 13.5. The summed E-state index contributed by atoms with van der Waals surface area (Å²) in [4.78, 5) is 10.4. The quantitative estimate of drug-likeness (QED) is 0.440. The van der Waals surface area contributed by atoms with Gasteiger partial charge in [-0.05, 0) is 32.6 Å². The Bertz CT molecular complexity index is 169. The maximum atomic E-state index is 10.4. The van der Waals surface area contributed by atoms with Crippen molar-refractivity contribution in [3.63, 3.8) is 0 Å². The molecule has 0 N–H and O–H groups in total. The van der Waals surface area contributed by atoms with E-state index in [1.54, 1.807) is 0 Å². The Kier molecular flexibility index (Phi) is 4.75. The molecular formula is C10H18O. The van der Waals surface area contributed by atoms with Crippen molar-refractivity contribution in [3.05, 3.63) is 11.6 Å². The zero-order valence-electron chi connectivity index (χ0n) is 8.68. The Labute approximate surface area is 70.9 Å². The van der Waals surface area contributed by atoms with Gasteiger partial charge in [0, 0.05) is 6.42 Å². The summed E-state index contributed by atoms with van der Waals surface area (Å²) in [6, 6.07) is 0. The lowest BCUT2D eigenvalue weighted by atomic mass is 10.0. The van der Waals surface area contributed by atoms with Gasteiger partial charge in [0.25, 0.3) is 0 Å². The minimum absolute atomic E-state index is 0.352. The number of allylic oxidation sites excluding steroid dienone is 2. The van der Waals surface area contributed by atoms with Gasteiger partial charge in [-0.2, -0.15) is 0 Å². The molecule has 0 aliphatic carbocycles. The minimum Gasteiger partial charge on any atom is -0.303 e. The van der Waals surface area contributed by atoms with E-state index in [9.17, 15) is 4.79 Å². The van der Waals surface area contributed by atoms with Crippen LogP contribution in [0.25, 0.3) is 0 Å². The third kappa shape index (κ3) is 7.31. The zero-order valence-corrected chi connectivity index (χ0v) is 7.68. The van der Waals surface area contributed by atoms with Crippen molar-refractivity contribution < 1.29 is 6.17 Å². The first-order valence-electron chi connectivity index (χ1n) is 4.65. The van der Waals surface area contributed by atoms with E-state index in [0.29, 0.717) is 12.3 Å². The largest absolute Gasteiger partial charge is 0.303 e. The monoisotopic (exact) mass is 155 g/mol. The molecule has 0 aliphatic rings. The number of hydrogen-bond donors (Lipinski definition) is 0. The van der Waals surface area contributed by atoms with Gasteiger partial charge in [-0.15, -0.1) is 0 Å². The molecule has 0 heterocycles. The van der Waals surface area contributed by atoms with Crippen LogP contribution in [0.1, 0.15) is 41.4 Å². The van der Waals surface area contributed by atoms with Crippen LogP contribution in [0.15, 0.2) is 11.6 Å². The Balaban J connectivity index is 3.50. The van der Waals surface area contributed by atoms with Gasteiger partial charge in [-0.25, -0.2) is 0 Å². The van der Waals surface area contributed by atoms with Crippen LogP contribution in [0.5, 0.6) is 0 Å². The molecule has 11 heavy (non-hydrogen) atoms. The fraction of sp³-hybridized carbons (Fsp3) is 0.700. The zero-order chi connectivity index (χ0) is 9.56. The molecule has 0 saturated carbocycles. The van der Waals surface area contributed by atoms with Crippen LogP contribution in [0.3, 0.4) is 0 Å². The molecule has 64 valence electrons. The fourth-order valence-corrected chi connectivity index (χ4v) is 0.901. The summed E-state index contributed by atoms with van der Waals surface area (Å²) in [5, 5.41) is 0. The van der Waals surface area contributed by atoms with E-state index in [1.807, 2.05) is 6.92 Å². The Morgan fingerprint density at radius 3 is 2.73 bits per heavy atom. The summed E-state index contributed by atoms with van der Waals surface area (Å²) in [6.45, 7) is 6.16. The number of aldehydes is 1. The molecule has 1 unspecified atom stereocenters. The molecule has 0 aromatic carbocycles. The molecule has 0 radical (unpaired) electrons.